The van der Waals surface area contributed by atoms with Gasteiger partial charge in [0.1, 0.15) is 0 Å². The SMILES string of the molecule is COC(=O)[C@H]1c2ccccc2[C@]2(C)CCC[C@@](C)(CO)[C@@H]12. The summed E-state index contributed by atoms with van der Waals surface area (Å²) in [5, 5.41) is 10.0. The van der Waals surface area contributed by atoms with E-state index in [1.807, 2.05) is 12.1 Å². The van der Waals surface area contributed by atoms with Crippen molar-refractivity contribution in [1.29, 1.82) is 0 Å². The lowest BCUT2D eigenvalue weighted by Crippen LogP contribution is -2.48. The van der Waals surface area contributed by atoms with Crippen molar-refractivity contribution in [1.82, 2.24) is 0 Å². The summed E-state index contributed by atoms with van der Waals surface area (Å²) < 4.78 is 5.10. The molecule has 1 aromatic rings. The van der Waals surface area contributed by atoms with Crippen LogP contribution in [0.5, 0.6) is 0 Å². The van der Waals surface area contributed by atoms with Gasteiger partial charge in [-0.25, -0.2) is 0 Å². The van der Waals surface area contributed by atoms with Crippen molar-refractivity contribution in [2.24, 2.45) is 11.3 Å². The van der Waals surface area contributed by atoms with Gasteiger partial charge in [0.05, 0.1) is 13.0 Å². The van der Waals surface area contributed by atoms with E-state index in [2.05, 4.69) is 26.0 Å². The van der Waals surface area contributed by atoms with E-state index in [9.17, 15) is 9.90 Å². The van der Waals surface area contributed by atoms with Gasteiger partial charge in [-0.2, -0.15) is 0 Å². The van der Waals surface area contributed by atoms with Gasteiger partial charge < -0.3 is 9.84 Å². The molecule has 2 aliphatic rings. The van der Waals surface area contributed by atoms with E-state index in [-0.39, 0.29) is 35.2 Å². The molecule has 0 bridgehead atoms. The van der Waals surface area contributed by atoms with E-state index in [0.717, 1.165) is 24.8 Å². The lowest BCUT2D eigenvalue weighted by Gasteiger charge is -2.50. The molecule has 2 aliphatic carbocycles. The summed E-state index contributed by atoms with van der Waals surface area (Å²) in [5.41, 5.74) is 2.08. The van der Waals surface area contributed by atoms with Crippen LogP contribution in [0.3, 0.4) is 0 Å². The summed E-state index contributed by atoms with van der Waals surface area (Å²) in [6, 6.07) is 8.24. The molecule has 4 atom stereocenters. The van der Waals surface area contributed by atoms with Gasteiger partial charge in [-0.3, -0.25) is 4.79 Å². The Balaban J connectivity index is 2.21. The summed E-state index contributed by atoms with van der Waals surface area (Å²) in [6.07, 6.45) is 3.12. The number of aliphatic hydroxyl groups excluding tert-OH is 1. The molecule has 1 aromatic carbocycles. The fourth-order valence-corrected chi connectivity index (χ4v) is 5.05. The Hall–Kier alpha value is -1.35. The van der Waals surface area contributed by atoms with E-state index in [1.54, 1.807) is 0 Å². The van der Waals surface area contributed by atoms with Crippen LogP contribution in [0.25, 0.3) is 0 Å². The van der Waals surface area contributed by atoms with Crippen molar-refractivity contribution < 1.29 is 14.6 Å². The molecule has 0 unspecified atom stereocenters. The van der Waals surface area contributed by atoms with Crippen molar-refractivity contribution in [3.8, 4) is 0 Å². The highest BCUT2D eigenvalue weighted by molar-refractivity contribution is 5.81. The smallest absolute Gasteiger partial charge is 0.313 e. The molecule has 0 saturated heterocycles. The third kappa shape index (κ3) is 1.87. The lowest BCUT2D eigenvalue weighted by atomic mass is 9.54. The van der Waals surface area contributed by atoms with Crippen LogP contribution in [0, 0.1) is 11.3 Å². The Kier molecular flexibility index (Phi) is 3.36. The molecule has 3 heteroatoms. The van der Waals surface area contributed by atoms with Crippen LogP contribution in [0.2, 0.25) is 0 Å². The minimum Gasteiger partial charge on any atom is -0.469 e. The number of rotatable bonds is 2. The van der Waals surface area contributed by atoms with E-state index in [0.29, 0.717) is 0 Å². The highest BCUT2D eigenvalue weighted by atomic mass is 16.5. The zero-order valence-electron chi connectivity index (χ0n) is 13.1. The van der Waals surface area contributed by atoms with E-state index < -0.39 is 0 Å². The minimum atomic E-state index is -0.256. The third-order valence-electron chi connectivity index (χ3n) is 5.94. The first kappa shape index (κ1) is 14.6. The van der Waals surface area contributed by atoms with Crippen LogP contribution in [0.4, 0.5) is 0 Å². The second kappa shape index (κ2) is 4.84. The second-order valence-electron chi connectivity index (χ2n) is 7.15. The number of benzene rings is 1. The topological polar surface area (TPSA) is 46.5 Å². The van der Waals surface area contributed by atoms with Gasteiger partial charge in [0.15, 0.2) is 0 Å². The average molecular weight is 288 g/mol. The zero-order valence-corrected chi connectivity index (χ0v) is 13.1. The first-order valence-electron chi connectivity index (χ1n) is 7.76. The number of carbonyl (C=O) groups excluding carboxylic acids is 1. The molecule has 0 radical (unpaired) electrons. The maximum Gasteiger partial charge on any atom is 0.313 e. The van der Waals surface area contributed by atoms with Gasteiger partial charge in [-0.05, 0) is 40.7 Å². The van der Waals surface area contributed by atoms with Gasteiger partial charge in [-0.1, -0.05) is 44.5 Å². The van der Waals surface area contributed by atoms with Crippen molar-refractivity contribution >= 4 is 5.97 Å². The largest absolute Gasteiger partial charge is 0.469 e. The van der Waals surface area contributed by atoms with E-state index >= 15 is 0 Å². The lowest BCUT2D eigenvalue weighted by molar-refractivity contribution is -0.147. The molecule has 0 heterocycles. The van der Waals surface area contributed by atoms with Gasteiger partial charge in [0, 0.05) is 6.61 Å². The number of esters is 1. The van der Waals surface area contributed by atoms with Crippen LogP contribution in [0.15, 0.2) is 24.3 Å². The second-order valence-corrected chi connectivity index (χ2v) is 7.15. The van der Waals surface area contributed by atoms with Crippen molar-refractivity contribution in [3.63, 3.8) is 0 Å². The van der Waals surface area contributed by atoms with Crippen LogP contribution in [-0.4, -0.2) is 24.8 Å². The van der Waals surface area contributed by atoms with Gasteiger partial charge in [-0.15, -0.1) is 0 Å². The number of fused-ring (bicyclic) bond motifs is 3. The Morgan fingerprint density at radius 3 is 2.71 bits per heavy atom. The predicted octanol–water partition coefficient (Wildman–Crippen LogP) is 3.01. The molecule has 0 amide bonds. The summed E-state index contributed by atoms with van der Waals surface area (Å²) in [4.78, 5) is 12.5. The van der Waals surface area contributed by atoms with Crippen LogP contribution in [0.1, 0.15) is 50.2 Å². The molecule has 1 N–H and O–H groups in total. The summed E-state index contributed by atoms with van der Waals surface area (Å²) in [6.45, 7) is 4.50. The van der Waals surface area contributed by atoms with Gasteiger partial charge >= 0.3 is 5.97 Å². The molecule has 0 aromatic heterocycles. The predicted molar refractivity (Wildman–Crippen MR) is 81.1 cm³/mol. The molecular formula is C18H24O3. The summed E-state index contributed by atoms with van der Waals surface area (Å²) >= 11 is 0. The quantitative estimate of drug-likeness (QED) is 0.851. The number of hydrogen-bond donors (Lipinski definition) is 1. The standard InChI is InChI=1S/C18H24O3/c1-17(11-19)9-6-10-18(2)13-8-5-4-7-12(13)14(15(17)18)16(20)21-3/h4-5,7-8,14-15,19H,6,9-11H2,1-3H3/t14-,15+,17-,18-/m0/s1. The molecular weight excluding hydrogens is 264 g/mol. The molecule has 3 nitrogen and oxygen atoms in total. The Labute approximate surface area is 126 Å². The highest BCUT2D eigenvalue weighted by Gasteiger charge is 2.60. The molecule has 3 rings (SSSR count). The maximum absolute atomic E-state index is 12.5. The van der Waals surface area contributed by atoms with Crippen LogP contribution >= 0.6 is 0 Å². The fraction of sp³-hybridized carbons (Fsp3) is 0.611. The maximum atomic E-state index is 12.5. The molecule has 21 heavy (non-hydrogen) atoms. The molecule has 0 spiro atoms. The number of ether oxygens (including phenoxy) is 1. The third-order valence-corrected chi connectivity index (χ3v) is 5.94. The Bertz CT molecular complexity index is 567. The average Bonchev–Trinajstić information content (AvgIpc) is 2.78. The molecule has 1 saturated carbocycles. The fourth-order valence-electron chi connectivity index (χ4n) is 5.05. The first-order chi connectivity index (χ1) is 9.98. The summed E-state index contributed by atoms with van der Waals surface area (Å²) in [5.74, 6) is -0.319. The van der Waals surface area contributed by atoms with E-state index in [4.69, 9.17) is 4.74 Å². The number of hydrogen-bond acceptors (Lipinski definition) is 3. The van der Waals surface area contributed by atoms with Crippen LogP contribution < -0.4 is 0 Å². The number of aliphatic hydroxyl groups is 1. The van der Waals surface area contributed by atoms with Crippen molar-refractivity contribution in [2.45, 2.75) is 44.4 Å². The van der Waals surface area contributed by atoms with Crippen molar-refractivity contribution in [2.75, 3.05) is 13.7 Å². The highest BCUT2D eigenvalue weighted by Crippen LogP contribution is 2.63. The first-order valence-corrected chi connectivity index (χ1v) is 7.76. The molecule has 114 valence electrons. The Morgan fingerprint density at radius 2 is 2.05 bits per heavy atom. The zero-order chi connectivity index (χ0) is 15.3. The monoisotopic (exact) mass is 288 g/mol. The van der Waals surface area contributed by atoms with Crippen molar-refractivity contribution in [3.05, 3.63) is 35.4 Å². The molecule has 0 aliphatic heterocycles. The summed E-state index contributed by atoms with van der Waals surface area (Å²) in [7, 11) is 1.46. The number of carbonyl (C=O) groups is 1. The minimum absolute atomic E-state index is 0.0504. The van der Waals surface area contributed by atoms with Crippen LogP contribution in [-0.2, 0) is 14.9 Å². The number of methoxy groups -OCH3 is 1. The van der Waals surface area contributed by atoms with E-state index in [1.165, 1.54) is 12.7 Å². The normalized spacial score (nSPS) is 37.7. The van der Waals surface area contributed by atoms with Gasteiger partial charge in [0.25, 0.3) is 0 Å². The molecule has 1 fully saturated rings. The Morgan fingerprint density at radius 1 is 1.33 bits per heavy atom. The van der Waals surface area contributed by atoms with Gasteiger partial charge in [0.2, 0.25) is 0 Å².